The molecule has 0 bridgehead atoms. The summed E-state index contributed by atoms with van der Waals surface area (Å²) in [6, 6.07) is 14.3. The number of nitrogens with one attached hydrogen (secondary N) is 3. The van der Waals surface area contributed by atoms with Crippen LogP contribution in [0.4, 0.5) is 14.5 Å². The second kappa shape index (κ2) is 13.2. The first kappa shape index (κ1) is 26.6. The summed E-state index contributed by atoms with van der Waals surface area (Å²) in [5.74, 6) is 0.713. The lowest BCUT2D eigenvalue weighted by Gasteiger charge is -2.22. The van der Waals surface area contributed by atoms with E-state index in [-0.39, 0.29) is 41.7 Å². The van der Waals surface area contributed by atoms with Gasteiger partial charge in [0.15, 0.2) is 5.96 Å². The lowest BCUT2D eigenvalue weighted by atomic mass is 10.1. The molecule has 2 aromatic rings. The summed E-state index contributed by atoms with van der Waals surface area (Å²) >= 11 is 0. The van der Waals surface area contributed by atoms with Crippen molar-refractivity contribution in [2.24, 2.45) is 4.99 Å². The van der Waals surface area contributed by atoms with Crippen molar-refractivity contribution in [3.05, 3.63) is 59.7 Å². The van der Waals surface area contributed by atoms with Crippen LogP contribution in [0.15, 0.2) is 53.5 Å². The first-order chi connectivity index (χ1) is 15.5. The van der Waals surface area contributed by atoms with Gasteiger partial charge in [0.2, 0.25) is 0 Å². The van der Waals surface area contributed by atoms with Crippen LogP contribution < -0.4 is 25.6 Å². The minimum atomic E-state index is -2.86. The molecule has 3 N–H and O–H groups in total. The number of rotatable bonds is 8. The van der Waals surface area contributed by atoms with Crippen LogP contribution in [0.5, 0.6) is 5.75 Å². The SMILES string of the molecule is CCNC(=NCc1cccc(C(=O)NC)c1)NC1CCN(c2ccccc2OC(F)F)C1.I. The van der Waals surface area contributed by atoms with Crippen LogP contribution in [-0.4, -0.2) is 51.2 Å². The number of amides is 1. The zero-order valence-corrected chi connectivity index (χ0v) is 21.0. The number of para-hydroxylation sites is 2. The van der Waals surface area contributed by atoms with Gasteiger partial charge >= 0.3 is 6.61 Å². The van der Waals surface area contributed by atoms with Crippen molar-refractivity contribution in [1.29, 1.82) is 0 Å². The van der Waals surface area contributed by atoms with Gasteiger partial charge in [-0.25, -0.2) is 4.99 Å². The highest BCUT2D eigenvalue weighted by Crippen LogP contribution is 2.31. The van der Waals surface area contributed by atoms with Crippen molar-refractivity contribution in [1.82, 2.24) is 16.0 Å². The van der Waals surface area contributed by atoms with Crippen molar-refractivity contribution >= 4 is 41.5 Å². The van der Waals surface area contributed by atoms with E-state index in [1.54, 1.807) is 31.3 Å². The third kappa shape index (κ3) is 7.72. The molecular formula is C23H30F2IN5O2. The maximum atomic E-state index is 12.7. The zero-order valence-electron chi connectivity index (χ0n) is 18.7. The van der Waals surface area contributed by atoms with Crippen molar-refractivity contribution in [2.75, 3.05) is 31.6 Å². The van der Waals surface area contributed by atoms with Gasteiger partial charge in [-0.3, -0.25) is 4.79 Å². The van der Waals surface area contributed by atoms with Gasteiger partial charge < -0.3 is 25.6 Å². The summed E-state index contributed by atoms with van der Waals surface area (Å²) in [5.41, 5.74) is 2.17. The lowest BCUT2D eigenvalue weighted by molar-refractivity contribution is -0.0495. The predicted octanol–water partition coefficient (Wildman–Crippen LogP) is 3.60. The van der Waals surface area contributed by atoms with E-state index in [0.29, 0.717) is 36.8 Å². The summed E-state index contributed by atoms with van der Waals surface area (Å²) in [4.78, 5) is 18.5. The molecule has 1 saturated heterocycles. The number of aliphatic imine (C=N–C) groups is 1. The number of carbonyl (C=O) groups excluding carboxylic acids is 1. The first-order valence-corrected chi connectivity index (χ1v) is 10.6. The van der Waals surface area contributed by atoms with E-state index in [0.717, 1.165) is 18.5 Å². The Morgan fingerprint density at radius 1 is 1.24 bits per heavy atom. The number of carbonyl (C=O) groups is 1. The maximum absolute atomic E-state index is 12.7. The molecular weight excluding hydrogens is 543 g/mol. The van der Waals surface area contributed by atoms with E-state index in [2.05, 4.69) is 25.7 Å². The summed E-state index contributed by atoms with van der Waals surface area (Å²) in [7, 11) is 1.60. The molecule has 1 aliphatic rings. The Balaban J connectivity index is 0.00000385. The van der Waals surface area contributed by atoms with E-state index in [9.17, 15) is 13.6 Å². The lowest BCUT2D eigenvalue weighted by Crippen LogP contribution is -2.44. The Morgan fingerprint density at radius 2 is 2.03 bits per heavy atom. The largest absolute Gasteiger partial charge is 0.433 e. The van der Waals surface area contributed by atoms with Crippen molar-refractivity contribution < 1.29 is 18.3 Å². The Labute approximate surface area is 210 Å². The van der Waals surface area contributed by atoms with E-state index in [1.165, 1.54) is 0 Å². The second-order valence-electron chi connectivity index (χ2n) is 7.40. The molecule has 33 heavy (non-hydrogen) atoms. The number of ether oxygens (including phenoxy) is 1. The van der Waals surface area contributed by atoms with Gasteiger partial charge in [-0.1, -0.05) is 24.3 Å². The van der Waals surface area contributed by atoms with Gasteiger partial charge in [-0.2, -0.15) is 8.78 Å². The van der Waals surface area contributed by atoms with Crippen molar-refractivity contribution in [3.8, 4) is 5.75 Å². The van der Waals surface area contributed by atoms with E-state index in [1.807, 2.05) is 36.1 Å². The Kier molecular flexibility index (Phi) is 10.6. The molecule has 0 aliphatic carbocycles. The molecule has 1 fully saturated rings. The Hall–Kier alpha value is -2.63. The summed E-state index contributed by atoms with van der Waals surface area (Å²) in [5, 5.41) is 9.28. The van der Waals surface area contributed by atoms with E-state index in [4.69, 9.17) is 0 Å². The van der Waals surface area contributed by atoms with Gasteiger partial charge in [0, 0.05) is 38.3 Å². The molecule has 0 radical (unpaired) electrons. The number of benzene rings is 2. The highest BCUT2D eigenvalue weighted by Gasteiger charge is 2.26. The highest BCUT2D eigenvalue weighted by atomic mass is 127. The standard InChI is InChI=1S/C23H29F2N5O2.HI/c1-3-27-23(28-14-16-7-6-8-17(13-16)21(31)26-2)29-18-11-12-30(15-18)19-9-4-5-10-20(19)32-22(24)25;/h4-10,13,18,22H,3,11-12,14-15H2,1-2H3,(H,26,31)(H2,27,28,29);1H. The third-order valence-corrected chi connectivity index (χ3v) is 5.13. The molecule has 7 nitrogen and oxygen atoms in total. The molecule has 2 aromatic carbocycles. The Morgan fingerprint density at radius 3 is 2.76 bits per heavy atom. The number of anilines is 1. The average Bonchev–Trinajstić information content (AvgIpc) is 3.25. The van der Waals surface area contributed by atoms with Gasteiger partial charge in [-0.15, -0.1) is 24.0 Å². The highest BCUT2D eigenvalue weighted by molar-refractivity contribution is 14.0. The fourth-order valence-corrected chi connectivity index (χ4v) is 3.65. The average molecular weight is 573 g/mol. The normalized spacial score (nSPS) is 15.7. The number of guanidine groups is 1. The fourth-order valence-electron chi connectivity index (χ4n) is 3.65. The number of alkyl halides is 2. The Bertz CT molecular complexity index is 945. The number of halogens is 3. The summed E-state index contributed by atoms with van der Waals surface area (Å²) in [6.45, 7) is 1.60. The monoisotopic (exact) mass is 573 g/mol. The summed E-state index contributed by atoms with van der Waals surface area (Å²) in [6.07, 6.45) is 0.833. The molecule has 1 heterocycles. The molecule has 1 aliphatic heterocycles. The molecule has 3 rings (SSSR count). The molecule has 0 aromatic heterocycles. The molecule has 1 amide bonds. The van der Waals surface area contributed by atoms with E-state index >= 15 is 0 Å². The number of hydrogen-bond donors (Lipinski definition) is 3. The topological polar surface area (TPSA) is 78.0 Å². The van der Waals surface area contributed by atoms with Gasteiger partial charge in [0.25, 0.3) is 5.91 Å². The smallest absolute Gasteiger partial charge is 0.387 e. The molecule has 0 spiro atoms. The predicted molar refractivity (Wildman–Crippen MR) is 137 cm³/mol. The minimum Gasteiger partial charge on any atom is -0.433 e. The molecule has 0 saturated carbocycles. The van der Waals surface area contributed by atoms with Crippen LogP contribution in [0, 0.1) is 0 Å². The molecule has 10 heteroatoms. The number of hydrogen-bond acceptors (Lipinski definition) is 4. The van der Waals surface area contributed by atoms with Gasteiger partial charge in [0.05, 0.1) is 12.2 Å². The number of nitrogens with zero attached hydrogens (tertiary/aromatic N) is 2. The van der Waals surface area contributed by atoms with Crippen LogP contribution in [0.2, 0.25) is 0 Å². The van der Waals surface area contributed by atoms with Crippen LogP contribution in [0.25, 0.3) is 0 Å². The van der Waals surface area contributed by atoms with E-state index < -0.39 is 6.61 Å². The fraction of sp³-hybridized carbons (Fsp3) is 0.391. The van der Waals surface area contributed by atoms with Crippen molar-refractivity contribution in [2.45, 2.75) is 32.5 Å². The first-order valence-electron chi connectivity index (χ1n) is 10.6. The van der Waals surface area contributed by atoms with Crippen LogP contribution in [0.3, 0.4) is 0 Å². The zero-order chi connectivity index (χ0) is 22.9. The molecule has 180 valence electrons. The van der Waals surface area contributed by atoms with Crippen LogP contribution in [-0.2, 0) is 6.54 Å². The van der Waals surface area contributed by atoms with Gasteiger partial charge in [0.1, 0.15) is 5.75 Å². The quantitative estimate of drug-likeness (QED) is 0.256. The van der Waals surface area contributed by atoms with Gasteiger partial charge in [-0.05, 0) is 43.2 Å². The van der Waals surface area contributed by atoms with Crippen LogP contribution in [0.1, 0.15) is 29.3 Å². The van der Waals surface area contributed by atoms with Crippen molar-refractivity contribution in [3.63, 3.8) is 0 Å². The van der Waals surface area contributed by atoms with Crippen LogP contribution >= 0.6 is 24.0 Å². The molecule has 1 unspecified atom stereocenters. The second-order valence-corrected chi connectivity index (χ2v) is 7.40. The minimum absolute atomic E-state index is 0. The maximum Gasteiger partial charge on any atom is 0.387 e. The summed E-state index contributed by atoms with van der Waals surface area (Å²) < 4.78 is 30.1. The third-order valence-electron chi connectivity index (χ3n) is 5.13. The molecule has 1 atom stereocenters.